The summed E-state index contributed by atoms with van der Waals surface area (Å²) in [6.45, 7) is 11.7. The van der Waals surface area contributed by atoms with Crippen molar-refractivity contribution in [2.24, 2.45) is 0 Å². The summed E-state index contributed by atoms with van der Waals surface area (Å²) in [6, 6.07) is 5.84. The summed E-state index contributed by atoms with van der Waals surface area (Å²) in [5, 5.41) is 0. The molecule has 0 amide bonds. The van der Waals surface area contributed by atoms with Crippen molar-refractivity contribution in [2.75, 3.05) is 5.73 Å². The van der Waals surface area contributed by atoms with E-state index in [2.05, 4.69) is 19.7 Å². The molecule has 0 saturated heterocycles. The summed E-state index contributed by atoms with van der Waals surface area (Å²) < 4.78 is 0. The van der Waals surface area contributed by atoms with Crippen LogP contribution in [0.3, 0.4) is 0 Å². The first-order valence-corrected chi connectivity index (χ1v) is 3.73. The van der Waals surface area contributed by atoms with Gasteiger partial charge in [0.05, 0.1) is 0 Å². The van der Waals surface area contributed by atoms with Crippen LogP contribution in [0.15, 0.2) is 37.9 Å². The number of nitrogens with two attached hydrogens (primary N) is 1. The van der Waals surface area contributed by atoms with Gasteiger partial charge < -0.3 is 11.9 Å². The summed E-state index contributed by atoms with van der Waals surface area (Å²) in [5.74, 6) is 0. The third-order valence-corrected chi connectivity index (χ3v) is 1.56. The van der Waals surface area contributed by atoms with Gasteiger partial charge in [-0.15, -0.1) is 13.2 Å². The quantitative estimate of drug-likeness (QED) is 0.512. The molecule has 0 heterocycles. The molecule has 2 nitrogen and oxygen atoms in total. The van der Waals surface area contributed by atoms with Crippen molar-refractivity contribution in [1.29, 1.82) is 0 Å². The third kappa shape index (κ3) is 3.58. The highest BCUT2D eigenvalue weighted by Gasteiger charge is 1.95. The lowest BCUT2D eigenvalue weighted by atomic mass is 10.1. The van der Waals surface area contributed by atoms with Crippen molar-refractivity contribution < 1.29 is 0 Å². The second-order valence-corrected chi connectivity index (χ2v) is 2.28. The fraction of sp³-hybridized carbons (Fsp3) is 0.0909. The topological polar surface area (TPSA) is 61.0 Å². The van der Waals surface area contributed by atoms with Crippen molar-refractivity contribution >= 4 is 11.8 Å². The molecule has 72 valence electrons. The molecule has 1 aromatic rings. The van der Waals surface area contributed by atoms with Crippen molar-refractivity contribution in [1.82, 2.24) is 6.15 Å². The van der Waals surface area contributed by atoms with Gasteiger partial charge in [0.1, 0.15) is 0 Å². The lowest BCUT2D eigenvalue weighted by molar-refractivity contribution is 1.45. The zero-order chi connectivity index (χ0) is 9.56. The Morgan fingerprint density at radius 1 is 1.31 bits per heavy atom. The van der Waals surface area contributed by atoms with Gasteiger partial charge in [0, 0.05) is 5.69 Å². The van der Waals surface area contributed by atoms with Gasteiger partial charge in [0.25, 0.3) is 0 Å². The Bertz CT molecular complexity index is 247. The number of anilines is 1. The highest BCUT2D eigenvalue weighted by molar-refractivity contribution is 5.66. The molecule has 0 atom stereocenters. The molecule has 5 N–H and O–H groups in total. The molecule has 0 aliphatic heterocycles. The molecule has 0 aromatic heterocycles. The number of hydrogen-bond acceptors (Lipinski definition) is 2. The maximum Gasteiger partial charge on any atom is 0.0390 e. The molecule has 0 bridgehead atoms. The average Bonchev–Trinajstić information content (AvgIpc) is 2.08. The van der Waals surface area contributed by atoms with Crippen molar-refractivity contribution in [3.05, 3.63) is 49.1 Å². The van der Waals surface area contributed by atoms with E-state index >= 15 is 0 Å². The largest absolute Gasteiger partial charge is 0.398 e. The van der Waals surface area contributed by atoms with Crippen molar-refractivity contribution in [3.8, 4) is 0 Å². The van der Waals surface area contributed by atoms with E-state index in [9.17, 15) is 0 Å². The highest BCUT2D eigenvalue weighted by atomic mass is 14.6. The average molecular weight is 178 g/mol. The summed E-state index contributed by atoms with van der Waals surface area (Å²) in [5.41, 5.74) is 8.68. The van der Waals surface area contributed by atoms with Gasteiger partial charge in [0.15, 0.2) is 0 Å². The third-order valence-electron chi connectivity index (χ3n) is 1.56. The molecule has 1 rings (SSSR count). The normalized spacial score (nSPS) is 7.46. The van der Waals surface area contributed by atoms with E-state index in [0.717, 1.165) is 11.3 Å². The molecule has 0 radical (unpaired) electrons. The predicted molar refractivity (Wildman–Crippen MR) is 62.0 cm³/mol. The number of benzene rings is 1. The van der Waals surface area contributed by atoms with Crippen LogP contribution in [0.1, 0.15) is 11.1 Å². The van der Waals surface area contributed by atoms with E-state index in [1.807, 2.05) is 25.1 Å². The first-order valence-electron chi connectivity index (χ1n) is 3.73. The molecular weight excluding hydrogens is 160 g/mol. The van der Waals surface area contributed by atoms with E-state index in [1.165, 1.54) is 5.56 Å². The van der Waals surface area contributed by atoms with Crippen LogP contribution in [0.25, 0.3) is 6.08 Å². The summed E-state index contributed by atoms with van der Waals surface area (Å²) in [7, 11) is 0. The van der Waals surface area contributed by atoms with E-state index in [-0.39, 0.29) is 6.15 Å². The number of aryl methyl sites for hydroxylation is 1. The smallest absolute Gasteiger partial charge is 0.0390 e. The van der Waals surface area contributed by atoms with E-state index in [0.29, 0.717) is 0 Å². The Kier molecular flexibility index (Phi) is 7.68. The van der Waals surface area contributed by atoms with Gasteiger partial charge in [0.2, 0.25) is 0 Å². The minimum Gasteiger partial charge on any atom is -0.398 e. The molecule has 0 fully saturated rings. The van der Waals surface area contributed by atoms with Gasteiger partial charge in [-0.25, -0.2) is 0 Å². The van der Waals surface area contributed by atoms with Crippen LogP contribution in [0, 0.1) is 6.92 Å². The van der Waals surface area contributed by atoms with Gasteiger partial charge in [-0.05, 0) is 24.1 Å². The first-order chi connectivity index (χ1) is 5.75. The fourth-order valence-electron chi connectivity index (χ4n) is 0.982. The number of hydrogen-bond donors (Lipinski definition) is 2. The molecular formula is C11H18N2. The van der Waals surface area contributed by atoms with Gasteiger partial charge in [-0.2, -0.15) is 0 Å². The molecule has 0 unspecified atom stereocenters. The zero-order valence-electron chi connectivity index (χ0n) is 8.22. The van der Waals surface area contributed by atoms with Gasteiger partial charge >= 0.3 is 0 Å². The lowest BCUT2D eigenvalue weighted by Crippen LogP contribution is -1.90. The first kappa shape index (κ1) is 14.0. The monoisotopic (exact) mass is 178 g/mol. The van der Waals surface area contributed by atoms with Crippen LogP contribution in [0.2, 0.25) is 0 Å². The van der Waals surface area contributed by atoms with Crippen molar-refractivity contribution in [3.63, 3.8) is 0 Å². The van der Waals surface area contributed by atoms with Crippen LogP contribution >= 0.6 is 0 Å². The molecule has 0 spiro atoms. The van der Waals surface area contributed by atoms with E-state index in [4.69, 9.17) is 5.73 Å². The maximum absolute atomic E-state index is 5.66. The van der Waals surface area contributed by atoms with Crippen LogP contribution in [0.4, 0.5) is 5.69 Å². The summed E-state index contributed by atoms with van der Waals surface area (Å²) in [6.07, 6.45) is 1.78. The summed E-state index contributed by atoms with van der Waals surface area (Å²) in [4.78, 5) is 0. The van der Waals surface area contributed by atoms with Crippen molar-refractivity contribution in [2.45, 2.75) is 6.92 Å². The second-order valence-electron chi connectivity index (χ2n) is 2.28. The standard InChI is InChI=1S/C9H11N.C2H4.H3N/c1-3-8-7(2)5-4-6-9(8)10;1-2;/h3-6H,1,10H2,2H3;1-2H2;1H3. The Balaban J connectivity index is 0. The van der Waals surface area contributed by atoms with E-state index < -0.39 is 0 Å². The minimum absolute atomic E-state index is 0. The maximum atomic E-state index is 5.66. The highest BCUT2D eigenvalue weighted by Crippen LogP contribution is 2.16. The Labute approximate surface area is 80.4 Å². The molecule has 0 aliphatic rings. The Morgan fingerprint density at radius 3 is 2.15 bits per heavy atom. The number of nitrogen functional groups attached to an aromatic ring is 1. The van der Waals surface area contributed by atoms with E-state index in [1.54, 1.807) is 6.08 Å². The van der Waals surface area contributed by atoms with Gasteiger partial charge in [-0.3, -0.25) is 0 Å². The number of rotatable bonds is 1. The fourth-order valence-corrected chi connectivity index (χ4v) is 0.982. The molecule has 13 heavy (non-hydrogen) atoms. The zero-order valence-corrected chi connectivity index (χ0v) is 8.22. The molecule has 1 aromatic carbocycles. The van der Waals surface area contributed by atoms with Crippen LogP contribution in [-0.4, -0.2) is 0 Å². The Hall–Kier alpha value is -1.54. The van der Waals surface area contributed by atoms with Gasteiger partial charge in [-0.1, -0.05) is 24.8 Å². The summed E-state index contributed by atoms with van der Waals surface area (Å²) >= 11 is 0. The molecule has 0 saturated carbocycles. The minimum atomic E-state index is 0. The van der Waals surface area contributed by atoms with Crippen LogP contribution in [-0.2, 0) is 0 Å². The lowest BCUT2D eigenvalue weighted by Gasteiger charge is -2.02. The SMILES string of the molecule is C=C.C=Cc1c(C)cccc1N.N. The Morgan fingerprint density at radius 2 is 1.85 bits per heavy atom. The van der Waals surface area contributed by atoms with Crippen LogP contribution in [0.5, 0.6) is 0 Å². The molecule has 0 aliphatic carbocycles. The van der Waals surface area contributed by atoms with Crippen LogP contribution < -0.4 is 11.9 Å². The predicted octanol–water partition coefficient (Wildman–Crippen LogP) is 3.18. The molecule has 2 heteroatoms. The second kappa shape index (κ2) is 7.13.